The summed E-state index contributed by atoms with van der Waals surface area (Å²) in [7, 11) is 0. The van der Waals surface area contributed by atoms with Crippen molar-refractivity contribution in [3.63, 3.8) is 0 Å². The van der Waals surface area contributed by atoms with Crippen molar-refractivity contribution in [2.75, 3.05) is 31.9 Å². The fourth-order valence-electron chi connectivity index (χ4n) is 3.05. The highest BCUT2D eigenvalue weighted by atomic mass is 16.6. The fraction of sp³-hybridized carbons (Fsp3) is 0.750. The van der Waals surface area contributed by atoms with Gasteiger partial charge in [0.15, 0.2) is 0 Å². The Hall–Kier alpha value is -1.63. The zero-order valence-corrected chi connectivity index (χ0v) is 10.9. The van der Waals surface area contributed by atoms with Crippen LogP contribution >= 0.6 is 0 Å². The quantitative estimate of drug-likeness (QED) is 0.830. The molecule has 2 N–H and O–H groups in total. The largest absolute Gasteiger partial charge is 0.379 e. The SMILES string of the molecule is Nc1nonc1C(=O)N1CCN(C2CCCC2)CC1. The van der Waals surface area contributed by atoms with Crippen LogP contribution in [0, 0.1) is 0 Å². The molecule has 1 aromatic heterocycles. The second-order valence-electron chi connectivity index (χ2n) is 5.26. The first-order valence-electron chi connectivity index (χ1n) is 6.87. The molecular weight excluding hydrogens is 246 g/mol. The number of nitrogens with two attached hydrogens (primary N) is 1. The lowest BCUT2D eigenvalue weighted by molar-refractivity contribution is 0.0564. The molecule has 0 aromatic carbocycles. The van der Waals surface area contributed by atoms with E-state index < -0.39 is 0 Å². The summed E-state index contributed by atoms with van der Waals surface area (Å²) >= 11 is 0. The van der Waals surface area contributed by atoms with Gasteiger partial charge in [-0.1, -0.05) is 12.8 Å². The van der Waals surface area contributed by atoms with E-state index in [0.29, 0.717) is 0 Å². The summed E-state index contributed by atoms with van der Waals surface area (Å²) in [6, 6.07) is 0.719. The van der Waals surface area contributed by atoms with Crippen molar-refractivity contribution in [1.82, 2.24) is 20.1 Å². The van der Waals surface area contributed by atoms with E-state index in [0.717, 1.165) is 32.2 Å². The summed E-state index contributed by atoms with van der Waals surface area (Å²) in [6.45, 7) is 3.31. The second kappa shape index (κ2) is 5.16. The summed E-state index contributed by atoms with van der Waals surface area (Å²) in [5.41, 5.74) is 5.68. The first-order valence-corrected chi connectivity index (χ1v) is 6.87. The first-order chi connectivity index (χ1) is 9.25. The average molecular weight is 265 g/mol. The molecule has 1 aromatic rings. The third kappa shape index (κ3) is 2.42. The van der Waals surface area contributed by atoms with Crippen LogP contribution in [0.4, 0.5) is 5.82 Å². The molecule has 2 fully saturated rings. The van der Waals surface area contributed by atoms with Gasteiger partial charge in [-0.25, -0.2) is 4.63 Å². The molecule has 0 atom stereocenters. The molecule has 1 saturated heterocycles. The van der Waals surface area contributed by atoms with Gasteiger partial charge in [-0.15, -0.1) is 0 Å². The predicted octanol–water partition coefficient (Wildman–Crippen LogP) is 0.352. The van der Waals surface area contributed by atoms with E-state index in [2.05, 4.69) is 19.8 Å². The molecule has 19 heavy (non-hydrogen) atoms. The Morgan fingerprint density at radius 2 is 1.84 bits per heavy atom. The minimum Gasteiger partial charge on any atom is -0.379 e. The highest BCUT2D eigenvalue weighted by Gasteiger charge is 2.30. The Morgan fingerprint density at radius 1 is 1.16 bits per heavy atom. The normalized spacial score (nSPS) is 22.0. The number of carbonyl (C=O) groups excluding carboxylic acids is 1. The fourth-order valence-corrected chi connectivity index (χ4v) is 3.05. The van der Waals surface area contributed by atoms with E-state index >= 15 is 0 Å². The van der Waals surface area contributed by atoms with Crippen molar-refractivity contribution in [3.05, 3.63) is 5.69 Å². The molecule has 104 valence electrons. The summed E-state index contributed by atoms with van der Waals surface area (Å²) < 4.78 is 4.48. The van der Waals surface area contributed by atoms with Gasteiger partial charge < -0.3 is 10.6 Å². The van der Waals surface area contributed by atoms with Crippen LogP contribution in [-0.4, -0.2) is 58.2 Å². The number of amides is 1. The molecule has 7 heteroatoms. The smallest absolute Gasteiger partial charge is 0.280 e. The van der Waals surface area contributed by atoms with E-state index in [1.54, 1.807) is 4.90 Å². The summed E-state index contributed by atoms with van der Waals surface area (Å²) in [6.07, 6.45) is 5.28. The number of rotatable bonds is 2. The van der Waals surface area contributed by atoms with Gasteiger partial charge in [0.25, 0.3) is 5.91 Å². The topological polar surface area (TPSA) is 88.5 Å². The Kier molecular flexibility index (Phi) is 3.37. The molecule has 0 radical (unpaired) electrons. The van der Waals surface area contributed by atoms with E-state index in [9.17, 15) is 4.79 Å². The van der Waals surface area contributed by atoms with Gasteiger partial charge in [-0.3, -0.25) is 9.69 Å². The molecule has 1 saturated carbocycles. The van der Waals surface area contributed by atoms with Crippen LogP contribution in [-0.2, 0) is 0 Å². The van der Waals surface area contributed by atoms with Crippen LogP contribution in [0.25, 0.3) is 0 Å². The highest BCUT2D eigenvalue weighted by molar-refractivity contribution is 5.96. The Morgan fingerprint density at radius 3 is 2.42 bits per heavy atom. The molecule has 7 nitrogen and oxygen atoms in total. The molecule has 0 bridgehead atoms. The summed E-state index contributed by atoms with van der Waals surface area (Å²) in [4.78, 5) is 16.5. The lowest BCUT2D eigenvalue weighted by Crippen LogP contribution is -2.51. The number of nitrogens with zero attached hydrogens (tertiary/aromatic N) is 4. The van der Waals surface area contributed by atoms with Gasteiger partial charge >= 0.3 is 0 Å². The lowest BCUT2D eigenvalue weighted by Gasteiger charge is -2.37. The first kappa shape index (κ1) is 12.4. The number of anilines is 1. The number of aromatic nitrogens is 2. The van der Waals surface area contributed by atoms with Crippen LogP contribution in [0.15, 0.2) is 4.63 Å². The van der Waals surface area contributed by atoms with Crippen molar-refractivity contribution in [3.8, 4) is 0 Å². The number of piperazine rings is 1. The second-order valence-corrected chi connectivity index (χ2v) is 5.26. The van der Waals surface area contributed by atoms with Crippen LogP contribution < -0.4 is 5.73 Å². The Balaban J connectivity index is 1.58. The third-order valence-corrected chi connectivity index (χ3v) is 4.16. The molecule has 1 aliphatic heterocycles. The maximum absolute atomic E-state index is 12.2. The molecule has 2 aliphatic rings. The van der Waals surface area contributed by atoms with Gasteiger partial charge in [-0.05, 0) is 23.2 Å². The average Bonchev–Trinajstić information content (AvgIpc) is 3.09. The van der Waals surface area contributed by atoms with Crippen LogP contribution in [0.1, 0.15) is 36.2 Å². The van der Waals surface area contributed by atoms with Crippen LogP contribution in [0.3, 0.4) is 0 Å². The maximum atomic E-state index is 12.2. The van der Waals surface area contributed by atoms with E-state index in [1.807, 2.05) is 0 Å². The molecule has 3 rings (SSSR count). The zero-order valence-electron chi connectivity index (χ0n) is 10.9. The summed E-state index contributed by atoms with van der Waals surface area (Å²) in [5, 5.41) is 7.02. The van der Waals surface area contributed by atoms with Gasteiger partial charge in [-0.2, -0.15) is 0 Å². The molecule has 0 unspecified atom stereocenters. The van der Waals surface area contributed by atoms with Crippen molar-refractivity contribution < 1.29 is 9.42 Å². The predicted molar refractivity (Wildman–Crippen MR) is 68.4 cm³/mol. The standard InChI is InChI=1S/C12H19N5O2/c13-11-10(14-19-15-11)12(18)17-7-5-16(6-8-17)9-3-1-2-4-9/h9H,1-8H2,(H2,13,15). The Bertz CT molecular complexity index is 447. The third-order valence-electron chi connectivity index (χ3n) is 4.16. The minimum absolute atomic E-state index is 0.0724. The van der Waals surface area contributed by atoms with Crippen LogP contribution in [0.5, 0.6) is 0 Å². The monoisotopic (exact) mass is 265 g/mol. The van der Waals surface area contributed by atoms with E-state index in [1.165, 1.54) is 25.7 Å². The number of hydrogen-bond donors (Lipinski definition) is 1. The maximum Gasteiger partial charge on any atom is 0.280 e. The van der Waals surface area contributed by atoms with E-state index in [-0.39, 0.29) is 17.4 Å². The molecule has 0 spiro atoms. The van der Waals surface area contributed by atoms with Crippen molar-refractivity contribution in [2.24, 2.45) is 0 Å². The zero-order chi connectivity index (χ0) is 13.2. The number of hydrogen-bond acceptors (Lipinski definition) is 6. The molecule has 1 amide bonds. The van der Waals surface area contributed by atoms with Crippen molar-refractivity contribution in [1.29, 1.82) is 0 Å². The molecule has 2 heterocycles. The van der Waals surface area contributed by atoms with Gasteiger partial charge in [0.05, 0.1) is 0 Å². The summed E-state index contributed by atoms with van der Waals surface area (Å²) in [5.74, 6) is -0.104. The van der Waals surface area contributed by atoms with E-state index in [4.69, 9.17) is 5.73 Å². The minimum atomic E-state index is -0.176. The van der Waals surface area contributed by atoms with Crippen molar-refractivity contribution >= 4 is 11.7 Å². The molecule has 1 aliphatic carbocycles. The van der Waals surface area contributed by atoms with Gasteiger partial charge in [0.1, 0.15) is 0 Å². The highest BCUT2D eigenvalue weighted by Crippen LogP contribution is 2.24. The Labute approximate surface area is 111 Å². The number of carbonyl (C=O) groups is 1. The van der Waals surface area contributed by atoms with Gasteiger partial charge in [0, 0.05) is 32.2 Å². The molecular formula is C12H19N5O2. The number of nitrogen functional groups attached to an aromatic ring is 1. The van der Waals surface area contributed by atoms with Crippen LogP contribution in [0.2, 0.25) is 0 Å². The van der Waals surface area contributed by atoms with Crippen molar-refractivity contribution in [2.45, 2.75) is 31.7 Å². The van der Waals surface area contributed by atoms with Gasteiger partial charge in [0.2, 0.25) is 11.5 Å². The lowest BCUT2D eigenvalue weighted by atomic mass is 10.1.